The number of carbonyl (C=O) groups excluding carboxylic acids is 3. The second-order valence-corrected chi connectivity index (χ2v) is 35.9. The number of halogens is 1. The molecule has 656 valence electrons. The summed E-state index contributed by atoms with van der Waals surface area (Å²) in [7, 11) is 4.99. The van der Waals surface area contributed by atoms with Crippen molar-refractivity contribution < 1.29 is 107 Å². The van der Waals surface area contributed by atoms with Gasteiger partial charge >= 0.3 is 36.8 Å². The van der Waals surface area contributed by atoms with E-state index in [0.717, 1.165) is 50.9 Å². The van der Waals surface area contributed by atoms with Crippen LogP contribution in [0.25, 0.3) is 24.8 Å². The van der Waals surface area contributed by atoms with Gasteiger partial charge in [0.15, 0.2) is 0 Å². The van der Waals surface area contributed by atoms with Crippen molar-refractivity contribution in [3.8, 4) is 23.5 Å². The third-order valence-corrected chi connectivity index (χ3v) is 20.1. The fourth-order valence-corrected chi connectivity index (χ4v) is 15.5. The van der Waals surface area contributed by atoms with E-state index in [1.807, 2.05) is 99.7 Å². The van der Waals surface area contributed by atoms with Gasteiger partial charge in [-0.05, 0) is 148 Å². The Hall–Kier alpha value is -7.35. The Balaban J connectivity index is 0.000000498. The van der Waals surface area contributed by atoms with Crippen molar-refractivity contribution in [3.05, 3.63) is 71.3 Å². The minimum absolute atomic E-state index is 0. The smallest absolute Gasteiger partial charge is 0.870 e. The van der Waals surface area contributed by atoms with Crippen LogP contribution < -0.4 is 48.9 Å². The van der Waals surface area contributed by atoms with Gasteiger partial charge in [0, 0.05) is 79.4 Å². The SMILES string of the molecule is CCOC(=O)c1cnn(/C=C/C(C)(C)CO)c1OCC(C)C.CCOC(=O)c1cnn(/C=C/C(C)(C)COC)c1OCC(C)C.COCC(C)(C)/C=C/n1ncc(C(=O)NC23CC4CC(CC(O)(C4)C2)C3)c1OCC(C)C.COCC(C)(C)/C=C/n1ncc(C(=O)O)c1OCC(C)C.Cl.N=NN=N.NC1C2CC3CC1CC(O)(C3)C2.[Li+].[OH-]. The van der Waals surface area contributed by atoms with Gasteiger partial charge in [0.05, 0.1) is 102 Å². The van der Waals surface area contributed by atoms with E-state index in [0.29, 0.717) is 154 Å². The van der Waals surface area contributed by atoms with Crippen molar-refractivity contribution in [2.75, 3.05) is 87.4 Å². The van der Waals surface area contributed by atoms with Gasteiger partial charge in [-0.3, -0.25) is 4.79 Å². The van der Waals surface area contributed by atoms with Gasteiger partial charge in [0.2, 0.25) is 23.5 Å². The van der Waals surface area contributed by atoms with Crippen LogP contribution in [-0.2, 0) is 23.7 Å². The minimum atomic E-state index is -1.05. The molecule has 32 nitrogen and oxygen atoms in total. The monoisotopic (exact) mass is 1660 g/mol. The number of hydrogen-bond acceptors (Lipinski definition) is 24. The molecular weight excluding hydrogens is 1520 g/mol. The van der Waals surface area contributed by atoms with Crippen LogP contribution in [0.3, 0.4) is 0 Å². The topological polar surface area (TPSA) is 444 Å². The van der Waals surface area contributed by atoms with E-state index in [2.05, 4.69) is 77.7 Å². The van der Waals surface area contributed by atoms with Gasteiger partial charge in [-0.25, -0.2) is 33.1 Å². The normalized spacial score (nSPS) is 22.1. The molecule has 8 fully saturated rings. The third-order valence-electron chi connectivity index (χ3n) is 20.1. The summed E-state index contributed by atoms with van der Waals surface area (Å²) in [6.07, 6.45) is 31.7. The Bertz CT molecular complexity index is 3800. The molecule has 4 heterocycles. The van der Waals surface area contributed by atoms with E-state index in [1.54, 1.807) is 69.3 Å². The molecule has 4 aromatic rings. The number of carboxylic acid groups (broad SMARTS) is 1. The largest absolute Gasteiger partial charge is 1.00 e. The van der Waals surface area contributed by atoms with Crippen LogP contribution in [0.15, 0.2) is 59.5 Å². The van der Waals surface area contributed by atoms with Crippen LogP contribution >= 0.6 is 12.4 Å². The van der Waals surface area contributed by atoms with Gasteiger partial charge in [-0.1, -0.05) is 135 Å². The number of methoxy groups -OCH3 is 3. The number of rotatable bonds is 35. The summed E-state index contributed by atoms with van der Waals surface area (Å²) in [6.45, 7) is 40.1. The van der Waals surface area contributed by atoms with Gasteiger partial charge in [0.25, 0.3) is 5.91 Å². The number of aromatic nitrogens is 8. The Morgan fingerprint density at radius 2 is 0.846 bits per heavy atom. The number of amides is 1. The molecule has 8 saturated carbocycles. The van der Waals surface area contributed by atoms with Crippen molar-refractivity contribution in [3.63, 3.8) is 0 Å². The predicted molar refractivity (Wildman–Crippen MR) is 444 cm³/mol. The van der Waals surface area contributed by atoms with Crippen molar-refractivity contribution >= 4 is 61.0 Å². The maximum absolute atomic E-state index is 13.4. The Labute approximate surface area is 710 Å². The minimum Gasteiger partial charge on any atom is -0.870 e. The number of carboxylic acids is 1. The molecule has 4 aromatic heterocycles. The van der Waals surface area contributed by atoms with E-state index in [1.165, 1.54) is 47.2 Å². The van der Waals surface area contributed by atoms with Crippen LogP contribution in [0.4, 0.5) is 0 Å². The van der Waals surface area contributed by atoms with E-state index in [-0.39, 0.29) is 93.5 Å². The molecule has 0 aromatic carbocycles. The Morgan fingerprint density at radius 1 is 0.530 bits per heavy atom. The van der Waals surface area contributed by atoms with Crippen LogP contribution in [-0.4, -0.2) is 199 Å². The Kier molecular flexibility index (Phi) is 43.5. The average Bonchev–Trinajstić information content (AvgIpc) is 1.22. The fourth-order valence-electron chi connectivity index (χ4n) is 15.5. The number of hydrogen-bond donors (Lipinski definition) is 8. The number of ether oxygens (including phenoxy) is 9. The molecule has 12 rings (SSSR count). The molecule has 10 N–H and O–H groups in total. The second-order valence-electron chi connectivity index (χ2n) is 35.9. The standard InChI is InChI=1S/C25H39N3O4.C17H28N2O4.C16H26N2O4.C15H24N2O4.C10H17NO.ClH.Li.H2N4.H2O/c1-17(2)14-32-22-20(13-26-28(22)7-6-23(3,4)16-31-5)21(29)27-24-9-18-8-19(10-24)12-25(30,11-18)15-24;1-7-22-16(20)14-10-18-19(15(14)23-11-13(2)3)9-8-17(4,5)12-21-6;1-6-21-15(20)13-9-17-18(8-7-16(4,5)11-19)14(13)22-10-12(2)3;1-11(2)9-21-13-12(14(18)19)8-16-17(13)7-6-15(3,4)10-20-5;11-9-7-1-6-2-8(9)5-10(12,3-6)4-7;;;1-3-4-2;/h6-7,13,17-19,30H,8-12,14-16H2,1-5H3,(H,27,29);8-10,13H,7,11-12H2,1-6H3;7-9,12,19H,6,10-11H2,1-5H3;6-8,11H,9-10H2,1-5H3,(H,18,19);6-9,12H,1-5,11H2;1H;;1-2H;1H2/q;;;;;;+1;;/p-1/b7-6+;9-8+;8-7+;7-6+;;;;;. The predicted octanol–water partition coefficient (Wildman–Crippen LogP) is 11.6. The average molecular weight is 1660 g/mol. The second kappa shape index (κ2) is 48.2. The first kappa shape index (κ1) is 106. The molecule has 34 heteroatoms. The van der Waals surface area contributed by atoms with Crippen molar-refractivity contribution in [2.45, 2.75) is 218 Å². The molecule has 0 aliphatic heterocycles. The molecular formula is C83H138ClLiN14O18. The van der Waals surface area contributed by atoms with E-state index < -0.39 is 23.5 Å². The fraction of sp³-hybridized carbons (Fsp3) is 0.711. The molecule has 1 amide bonds. The zero-order valence-corrected chi connectivity index (χ0v) is 74.4. The zero-order valence-electron chi connectivity index (χ0n) is 73.6. The van der Waals surface area contributed by atoms with Gasteiger partial charge < -0.3 is 79.6 Å². The van der Waals surface area contributed by atoms with Crippen LogP contribution in [0, 0.1) is 86.0 Å². The molecule has 8 aliphatic carbocycles. The maximum Gasteiger partial charge on any atom is 1.00 e. The number of aliphatic hydroxyl groups is 3. The number of nitrogens with one attached hydrogen (secondary N) is 3. The number of carbonyl (C=O) groups is 4. The molecule has 8 bridgehead atoms. The summed E-state index contributed by atoms with van der Waals surface area (Å²) in [5, 5.41) is 64.4. The molecule has 0 spiro atoms. The summed E-state index contributed by atoms with van der Waals surface area (Å²) in [5.74, 6) is 3.74. The van der Waals surface area contributed by atoms with Crippen molar-refractivity contribution in [2.24, 2.45) is 91.1 Å². The molecule has 117 heavy (non-hydrogen) atoms. The van der Waals surface area contributed by atoms with Gasteiger partial charge in [-0.15, -0.1) is 12.4 Å². The summed E-state index contributed by atoms with van der Waals surface area (Å²) < 4.78 is 55.0. The molecule has 4 atom stereocenters. The van der Waals surface area contributed by atoms with Crippen molar-refractivity contribution in [1.82, 2.24) is 44.4 Å². The summed E-state index contributed by atoms with van der Waals surface area (Å²) in [5.41, 5.74) is 16.6. The maximum atomic E-state index is 13.4. The van der Waals surface area contributed by atoms with Gasteiger partial charge in [-0.2, -0.15) is 31.5 Å². The van der Waals surface area contributed by atoms with E-state index >= 15 is 0 Å². The first-order valence-corrected chi connectivity index (χ1v) is 40.0. The summed E-state index contributed by atoms with van der Waals surface area (Å²) in [6, 6.07) is 0.404. The first-order chi connectivity index (χ1) is 53.5. The number of aromatic carboxylic acids is 1. The van der Waals surface area contributed by atoms with Crippen molar-refractivity contribution in [1.29, 1.82) is 11.1 Å². The number of esters is 2. The van der Waals surface area contributed by atoms with Crippen LogP contribution in [0.1, 0.15) is 237 Å². The summed E-state index contributed by atoms with van der Waals surface area (Å²) >= 11 is 0. The number of nitrogens with two attached hydrogens (primary N) is 1. The molecule has 4 unspecified atom stereocenters. The number of nitrogens with zero attached hydrogens (tertiary/aromatic N) is 10. The number of aliphatic hydroxyl groups excluding tert-OH is 1. The molecule has 0 saturated heterocycles. The van der Waals surface area contributed by atoms with E-state index in [9.17, 15) is 39.6 Å². The van der Waals surface area contributed by atoms with Crippen LogP contribution in [0.5, 0.6) is 23.5 Å². The van der Waals surface area contributed by atoms with Gasteiger partial charge in [0.1, 0.15) is 22.3 Å². The Morgan fingerprint density at radius 3 is 1.15 bits per heavy atom. The van der Waals surface area contributed by atoms with Crippen LogP contribution in [0.2, 0.25) is 0 Å². The zero-order chi connectivity index (χ0) is 85.2. The quantitative estimate of drug-likeness (QED) is 0.00918. The third kappa shape index (κ3) is 33.3. The van der Waals surface area contributed by atoms with E-state index in [4.69, 9.17) is 59.4 Å². The first-order valence-electron chi connectivity index (χ1n) is 40.0. The summed E-state index contributed by atoms with van der Waals surface area (Å²) in [4.78, 5) is 48.6. The molecule has 8 aliphatic rings. The molecule has 0 radical (unpaired) electrons.